The molecule has 0 aliphatic heterocycles. The van der Waals surface area contributed by atoms with Crippen molar-refractivity contribution in [3.8, 4) is 6.07 Å². The highest BCUT2D eigenvalue weighted by Crippen LogP contribution is 2.32. The highest BCUT2D eigenvalue weighted by atomic mass is 14.2. The van der Waals surface area contributed by atoms with Gasteiger partial charge in [-0.25, -0.2) is 0 Å². The van der Waals surface area contributed by atoms with Crippen molar-refractivity contribution >= 4 is 0 Å². The molecule has 1 nitrogen and oxygen atoms in total. The first-order valence-electron chi connectivity index (χ1n) is 8.47. The van der Waals surface area contributed by atoms with Crippen LogP contribution in [0.25, 0.3) is 0 Å². The van der Waals surface area contributed by atoms with E-state index in [4.69, 9.17) is 5.26 Å². The maximum absolute atomic E-state index is 8.81. The van der Waals surface area contributed by atoms with Crippen LogP contribution in [-0.4, -0.2) is 0 Å². The predicted octanol–water partition coefficient (Wildman–Crippen LogP) is 5.65. The van der Waals surface area contributed by atoms with Crippen molar-refractivity contribution in [3.05, 3.63) is 47.5 Å². The number of nitrogens with zero attached hydrogens (tertiary/aromatic N) is 1. The van der Waals surface area contributed by atoms with E-state index in [-0.39, 0.29) is 0 Å². The van der Waals surface area contributed by atoms with Crippen LogP contribution in [0.5, 0.6) is 0 Å². The molecular weight excluding hydrogens is 254 g/mol. The van der Waals surface area contributed by atoms with Gasteiger partial charge in [0.05, 0.1) is 11.6 Å². The molecule has 0 N–H and O–H groups in total. The minimum atomic E-state index is 0.762. The molecule has 0 radical (unpaired) electrons. The van der Waals surface area contributed by atoms with E-state index in [1.807, 2.05) is 12.1 Å². The van der Waals surface area contributed by atoms with Gasteiger partial charge in [0.2, 0.25) is 0 Å². The Balaban J connectivity index is 1.70. The number of unbranched alkanes of at least 4 members (excludes halogenated alkanes) is 1. The molecule has 1 aliphatic carbocycles. The van der Waals surface area contributed by atoms with E-state index in [0.29, 0.717) is 0 Å². The number of rotatable bonds is 6. The van der Waals surface area contributed by atoms with Gasteiger partial charge in [0.1, 0.15) is 0 Å². The van der Waals surface area contributed by atoms with Crippen LogP contribution in [0.2, 0.25) is 0 Å². The largest absolute Gasteiger partial charge is 0.192 e. The van der Waals surface area contributed by atoms with Crippen LogP contribution < -0.4 is 0 Å². The lowest BCUT2D eigenvalue weighted by molar-refractivity contribution is 0.296. The van der Waals surface area contributed by atoms with Crippen LogP contribution in [0.15, 0.2) is 36.4 Å². The minimum Gasteiger partial charge on any atom is -0.192 e. The van der Waals surface area contributed by atoms with Crippen molar-refractivity contribution < 1.29 is 0 Å². The Morgan fingerprint density at radius 3 is 2.48 bits per heavy atom. The van der Waals surface area contributed by atoms with Crippen molar-refractivity contribution in [3.63, 3.8) is 0 Å². The fourth-order valence-electron chi connectivity index (χ4n) is 3.24. The van der Waals surface area contributed by atoms with Gasteiger partial charge in [-0.1, -0.05) is 37.6 Å². The van der Waals surface area contributed by atoms with Gasteiger partial charge in [-0.2, -0.15) is 5.26 Å². The van der Waals surface area contributed by atoms with Crippen LogP contribution in [0, 0.1) is 23.2 Å². The quantitative estimate of drug-likeness (QED) is 0.618. The van der Waals surface area contributed by atoms with Crippen LogP contribution in [0.3, 0.4) is 0 Å². The summed E-state index contributed by atoms with van der Waals surface area (Å²) in [5.41, 5.74) is 2.14. The van der Waals surface area contributed by atoms with Gasteiger partial charge in [0.15, 0.2) is 0 Å². The predicted molar refractivity (Wildman–Crippen MR) is 89.0 cm³/mol. The van der Waals surface area contributed by atoms with E-state index >= 15 is 0 Å². The summed E-state index contributed by atoms with van der Waals surface area (Å²) in [7, 11) is 0. The van der Waals surface area contributed by atoms with Gasteiger partial charge in [0, 0.05) is 0 Å². The highest BCUT2D eigenvalue weighted by molar-refractivity contribution is 5.31. The van der Waals surface area contributed by atoms with E-state index in [1.54, 1.807) is 0 Å². The van der Waals surface area contributed by atoms with Gasteiger partial charge in [-0.05, 0) is 74.5 Å². The monoisotopic (exact) mass is 281 g/mol. The second-order valence-corrected chi connectivity index (χ2v) is 6.35. The van der Waals surface area contributed by atoms with Crippen molar-refractivity contribution in [2.24, 2.45) is 11.8 Å². The number of benzene rings is 1. The molecule has 1 aromatic rings. The molecule has 1 aromatic carbocycles. The van der Waals surface area contributed by atoms with Crippen molar-refractivity contribution in [1.29, 1.82) is 5.26 Å². The fraction of sp³-hybridized carbons (Fsp3) is 0.550. The summed E-state index contributed by atoms with van der Waals surface area (Å²) in [5.74, 6) is 1.74. The Hall–Kier alpha value is -1.55. The van der Waals surface area contributed by atoms with Crippen LogP contribution in [-0.2, 0) is 6.42 Å². The van der Waals surface area contributed by atoms with E-state index in [1.165, 1.54) is 50.5 Å². The number of allylic oxidation sites excluding steroid dienone is 2. The lowest BCUT2D eigenvalue weighted by atomic mass is 9.79. The van der Waals surface area contributed by atoms with Gasteiger partial charge in [-0.3, -0.25) is 0 Å². The molecule has 0 bridgehead atoms. The molecule has 1 saturated carbocycles. The van der Waals surface area contributed by atoms with Crippen molar-refractivity contribution in [1.82, 2.24) is 0 Å². The molecule has 21 heavy (non-hydrogen) atoms. The molecule has 0 heterocycles. The summed E-state index contributed by atoms with van der Waals surface area (Å²) in [6.07, 6.45) is 15.3. The SMILES string of the molecule is CCC/C=C/[C@H]1CC[C@H](CCc2ccc(C#N)cc2)CC1. The van der Waals surface area contributed by atoms with Crippen LogP contribution in [0.1, 0.15) is 63.0 Å². The molecule has 2 rings (SSSR count). The van der Waals surface area contributed by atoms with Crippen LogP contribution in [0.4, 0.5) is 0 Å². The first-order chi connectivity index (χ1) is 10.3. The highest BCUT2D eigenvalue weighted by Gasteiger charge is 2.19. The maximum Gasteiger partial charge on any atom is 0.0991 e. The van der Waals surface area contributed by atoms with E-state index in [0.717, 1.165) is 23.8 Å². The van der Waals surface area contributed by atoms with Gasteiger partial charge < -0.3 is 0 Å². The van der Waals surface area contributed by atoms with Gasteiger partial charge >= 0.3 is 0 Å². The number of nitriles is 1. The zero-order valence-corrected chi connectivity index (χ0v) is 13.2. The summed E-state index contributed by atoms with van der Waals surface area (Å²) in [6.45, 7) is 2.24. The summed E-state index contributed by atoms with van der Waals surface area (Å²) in [4.78, 5) is 0. The Kier molecular flexibility index (Phi) is 6.54. The lowest BCUT2D eigenvalue weighted by Gasteiger charge is -2.26. The second-order valence-electron chi connectivity index (χ2n) is 6.35. The zero-order valence-electron chi connectivity index (χ0n) is 13.2. The smallest absolute Gasteiger partial charge is 0.0991 e. The fourth-order valence-corrected chi connectivity index (χ4v) is 3.24. The van der Waals surface area contributed by atoms with Crippen molar-refractivity contribution in [2.75, 3.05) is 0 Å². The lowest BCUT2D eigenvalue weighted by Crippen LogP contribution is -2.13. The van der Waals surface area contributed by atoms with Gasteiger partial charge in [0.25, 0.3) is 0 Å². The second kappa shape index (κ2) is 8.67. The molecule has 0 unspecified atom stereocenters. The summed E-state index contributed by atoms with van der Waals surface area (Å²) in [6, 6.07) is 10.3. The first-order valence-corrected chi connectivity index (χ1v) is 8.47. The Labute approximate surface area is 129 Å². The molecule has 112 valence electrons. The van der Waals surface area contributed by atoms with E-state index in [9.17, 15) is 0 Å². The third-order valence-electron chi connectivity index (χ3n) is 4.68. The molecule has 0 atom stereocenters. The van der Waals surface area contributed by atoms with E-state index < -0.39 is 0 Å². The van der Waals surface area contributed by atoms with Crippen LogP contribution >= 0.6 is 0 Å². The molecule has 0 aromatic heterocycles. The zero-order chi connectivity index (χ0) is 14.9. The van der Waals surface area contributed by atoms with Gasteiger partial charge in [-0.15, -0.1) is 0 Å². The molecule has 1 fully saturated rings. The Morgan fingerprint density at radius 1 is 1.14 bits per heavy atom. The summed E-state index contributed by atoms with van der Waals surface area (Å²) in [5, 5.41) is 8.81. The molecule has 0 spiro atoms. The first kappa shape index (κ1) is 15.8. The third kappa shape index (κ3) is 5.38. The van der Waals surface area contributed by atoms with E-state index in [2.05, 4.69) is 37.3 Å². The number of hydrogen-bond acceptors (Lipinski definition) is 1. The third-order valence-corrected chi connectivity index (χ3v) is 4.68. The Bertz CT molecular complexity index is 470. The summed E-state index contributed by atoms with van der Waals surface area (Å²) >= 11 is 0. The average molecular weight is 281 g/mol. The Morgan fingerprint density at radius 2 is 1.86 bits per heavy atom. The normalized spacial score (nSPS) is 22.3. The number of aryl methyl sites for hydroxylation is 1. The topological polar surface area (TPSA) is 23.8 Å². The minimum absolute atomic E-state index is 0.762. The molecule has 0 saturated heterocycles. The standard InChI is InChI=1S/C20H27N/c1-2-3-4-5-17-6-8-18(9-7-17)10-11-19-12-14-20(16-21)15-13-19/h4-5,12-15,17-18H,2-3,6-11H2,1H3/b5-4+/t17-,18-. The number of hydrogen-bond donors (Lipinski definition) is 0. The molecule has 0 amide bonds. The average Bonchev–Trinajstić information content (AvgIpc) is 2.55. The van der Waals surface area contributed by atoms with Crippen molar-refractivity contribution in [2.45, 2.75) is 58.3 Å². The molecule has 1 aliphatic rings. The molecule has 1 heteroatoms. The summed E-state index contributed by atoms with van der Waals surface area (Å²) < 4.78 is 0. The molecular formula is C20H27N. The maximum atomic E-state index is 8.81.